The monoisotopic (exact) mass is 374 g/mol. The van der Waals surface area contributed by atoms with Crippen molar-refractivity contribution in [3.63, 3.8) is 0 Å². The Morgan fingerprint density at radius 3 is 2.50 bits per heavy atom. The van der Waals surface area contributed by atoms with Gasteiger partial charge in [-0.2, -0.15) is 0 Å². The zero-order chi connectivity index (χ0) is 16.4. The van der Waals surface area contributed by atoms with Crippen LogP contribution in [0, 0.1) is 5.82 Å². The Kier molecular flexibility index (Phi) is 8.74. The molecule has 0 unspecified atom stereocenters. The zero-order valence-electron chi connectivity index (χ0n) is 12.6. The van der Waals surface area contributed by atoms with Gasteiger partial charge >= 0.3 is 11.9 Å². The van der Waals surface area contributed by atoms with Crippen LogP contribution in [0.4, 0.5) is 4.39 Å². The Balaban J connectivity index is 2.23. The molecule has 0 aliphatic rings. The Bertz CT molecular complexity index is 505. The maximum atomic E-state index is 13.1. The van der Waals surface area contributed by atoms with Crippen molar-refractivity contribution in [2.45, 2.75) is 45.6 Å². The smallest absolute Gasteiger partial charge is 0.306 e. The van der Waals surface area contributed by atoms with E-state index in [0.29, 0.717) is 16.6 Å². The van der Waals surface area contributed by atoms with Gasteiger partial charge in [0.1, 0.15) is 12.4 Å². The Morgan fingerprint density at radius 2 is 1.82 bits per heavy atom. The maximum absolute atomic E-state index is 13.1. The molecule has 0 saturated carbocycles. The summed E-state index contributed by atoms with van der Waals surface area (Å²) in [5, 5.41) is 0. The van der Waals surface area contributed by atoms with Crippen molar-refractivity contribution in [3.8, 4) is 0 Å². The number of carbonyl (C=O) groups is 2. The number of ether oxygens (including phenoxy) is 2. The van der Waals surface area contributed by atoms with E-state index in [9.17, 15) is 14.0 Å². The summed E-state index contributed by atoms with van der Waals surface area (Å²) in [5.74, 6) is -1.31. The van der Waals surface area contributed by atoms with Gasteiger partial charge in [-0.15, -0.1) is 0 Å². The van der Waals surface area contributed by atoms with Crippen molar-refractivity contribution in [1.82, 2.24) is 0 Å². The number of unbranched alkanes of at least 4 members (excludes halogenated alkanes) is 2. The van der Waals surface area contributed by atoms with E-state index in [1.54, 1.807) is 6.07 Å². The highest BCUT2D eigenvalue weighted by molar-refractivity contribution is 9.10. The third-order valence-corrected chi connectivity index (χ3v) is 3.71. The van der Waals surface area contributed by atoms with E-state index < -0.39 is 17.8 Å². The highest BCUT2D eigenvalue weighted by Gasteiger charge is 2.10. The lowest BCUT2D eigenvalue weighted by molar-refractivity contribution is -0.151. The van der Waals surface area contributed by atoms with Crippen molar-refractivity contribution in [2.75, 3.05) is 6.61 Å². The minimum Gasteiger partial charge on any atom is -0.466 e. The number of carbonyl (C=O) groups excluding carboxylic acids is 2. The van der Waals surface area contributed by atoms with Gasteiger partial charge in [-0.3, -0.25) is 9.59 Å². The number of hydrogen-bond acceptors (Lipinski definition) is 4. The van der Waals surface area contributed by atoms with Crippen LogP contribution < -0.4 is 0 Å². The molecule has 0 heterocycles. The van der Waals surface area contributed by atoms with Gasteiger partial charge in [-0.25, -0.2) is 4.39 Å². The van der Waals surface area contributed by atoms with Gasteiger partial charge in [0.15, 0.2) is 0 Å². The van der Waals surface area contributed by atoms with Gasteiger partial charge in [0.05, 0.1) is 19.4 Å². The predicted octanol–water partition coefficient (Wildman–Crippen LogP) is 4.15. The Morgan fingerprint density at radius 1 is 1.14 bits per heavy atom. The normalized spacial score (nSPS) is 10.3. The van der Waals surface area contributed by atoms with Crippen LogP contribution in [0.25, 0.3) is 0 Å². The Labute approximate surface area is 138 Å². The van der Waals surface area contributed by atoms with Crippen LogP contribution >= 0.6 is 15.9 Å². The number of halogens is 2. The third kappa shape index (κ3) is 7.54. The van der Waals surface area contributed by atoms with Crippen LogP contribution in [0.2, 0.25) is 0 Å². The van der Waals surface area contributed by atoms with Crippen molar-refractivity contribution in [1.29, 1.82) is 0 Å². The van der Waals surface area contributed by atoms with Crippen LogP contribution in [0.15, 0.2) is 22.7 Å². The van der Waals surface area contributed by atoms with E-state index in [4.69, 9.17) is 9.47 Å². The van der Waals surface area contributed by atoms with Crippen molar-refractivity contribution < 1.29 is 23.5 Å². The van der Waals surface area contributed by atoms with E-state index in [1.165, 1.54) is 12.1 Å². The lowest BCUT2D eigenvalue weighted by atomic mass is 10.2. The molecular weight excluding hydrogens is 355 g/mol. The molecule has 0 amide bonds. The van der Waals surface area contributed by atoms with Crippen LogP contribution in [0.5, 0.6) is 0 Å². The second-order valence-electron chi connectivity index (χ2n) is 4.82. The second-order valence-corrected chi connectivity index (χ2v) is 5.68. The average molecular weight is 375 g/mol. The first-order valence-corrected chi connectivity index (χ1v) is 8.07. The molecule has 1 aromatic carbocycles. The van der Waals surface area contributed by atoms with E-state index in [-0.39, 0.29) is 19.4 Å². The summed E-state index contributed by atoms with van der Waals surface area (Å²) < 4.78 is 23.7. The molecule has 1 aromatic rings. The highest BCUT2D eigenvalue weighted by atomic mass is 79.9. The average Bonchev–Trinajstić information content (AvgIpc) is 2.50. The van der Waals surface area contributed by atoms with Crippen LogP contribution in [0.3, 0.4) is 0 Å². The van der Waals surface area contributed by atoms with E-state index in [2.05, 4.69) is 22.9 Å². The molecule has 0 saturated heterocycles. The highest BCUT2D eigenvalue weighted by Crippen LogP contribution is 2.18. The number of esters is 2. The van der Waals surface area contributed by atoms with E-state index in [0.717, 1.165) is 19.3 Å². The summed E-state index contributed by atoms with van der Waals surface area (Å²) in [6, 6.07) is 4.15. The molecule has 0 aliphatic carbocycles. The molecule has 122 valence electrons. The molecule has 0 bridgehead atoms. The largest absolute Gasteiger partial charge is 0.466 e. The fraction of sp³-hybridized carbons (Fsp3) is 0.500. The fourth-order valence-electron chi connectivity index (χ4n) is 1.70. The Hall–Kier alpha value is -1.43. The number of hydrogen-bond donors (Lipinski definition) is 0. The quantitative estimate of drug-likeness (QED) is 0.481. The molecule has 0 aliphatic heterocycles. The first-order valence-electron chi connectivity index (χ1n) is 7.28. The summed E-state index contributed by atoms with van der Waals surface area (Å²) in [7, 11) is 0. The summed E-state index contributed by atoms with van der Waals surface area (Å²) in [5.41, 5.74) is 0.537. The van der Waals surface area contributed by atoms with Gasteiger partial charge in [0, 0.05) is 10.0 Å². The molecule has 0 fully saturated rings. The standard InChI is InChI=1S/C16H20BrFO4/c1-2-3-4-9-21-15(19)7-8-16(20)22-11-12-10-13(18)5-6-14(12)17/h5-6,10H,2-4,7-9,11H2,1H3. The first-order chi connectivity index (χ1) is 10.5. The summed E-state index contributed by atoms with van der Waals surface area (Å²) >= 11 is 3.25. The number of benzene rings is 1. The molecule has 0 spiro atoms. The molecule has 22 heavy (non-hydrogen) atoms. The SMILES string of the molecule is CCCCCOC(=O)CCC(=O)OCc1cc(F)ccc1Br. The van der Waals surface area contributed by atoms with Crippen molar-refractivity contribution in [3.05, 3.63) is 34.1 Å². The van der Waals surface area contributed by atoms with Crippen LogP contribution in [0.1, 0.15) is 44.6 Å². The van der Waals surface area contributed by atoms with Gasteiger partial charge in [0.25, 0.3) is 0 Å². The molecule has 0 aromatic heterocycles. The molecule has 0 N–H and O–H groups in total. The summed E-state index contributed by atoms with van der Waals surface area (Å²) in [4.78, 5) is 23.0. The lowest BCUT2D eigenvalue weighted by Gasteiger charge is -2.07. The second kappa shape index (κ2) is 10.3. The zero-order valence-corrected chi connectivity index (χ0v) is 14.2. The van der Waals surface area contributed by atoms with Crippen LogP contribution in [-0.2, 0) is 25.7 Å². The lowest BCUT2D eigenvalue weighted by Crippen LogP contribution is -2.11. The third-order valence-electron chi connectivity index (χ3n) is 2.94. The van der Waals surface area contributed by atoms with Gasteiger partial charge < -0.3 is 9.47 Å². The van der Waals surface area contributed by atoms with Crippen molar-refractivity contribution in [2.24, 2.45) is 0 Å². The molecule has 1 rings (SSSR count). The molecular formula is C16H20BrFO4. The minimum absolute atomic E-state index is 0.00468. The fourth-order valence-corrected chi connectivity index (χ4v) is 2.06. The summed E-state index contributed by atoms with van der Waals surface area (Å²) in [6.45, 7) is 2.41. The van der Waals surface area contributed by atoms with E-state index >= 15 is 0 Å². The topological polar surface area (TPSA) is 52.6 Å². The van der Waals surface area contributed by atoms with Crippen molar-refractivity contribution >= 4 is 27.9 Å². The van der Waals surface area contributed by atoms with Gasteiger partial charge in [-0.1, -0.05) is 35.7 Å². The predicted molar refractivity (Wildman–Crippen MR) is 83.6 cm³/mol. The summed E-state index contributed by atoms with van der Waals surface area (Å²) in [6.07, 6.45) is 2.85. The minimum atomic E-state index is -0.512. The number of rotatable bonds is 9. The van der Waals surface area contributed by atoms with Gasteiger partial charge in [0.2, 0.25) is 0 Å². The molecule has 6 heteroatoms. The van der Waals surface area contributed by atoms with E-state index in [1.807, 2.05) is 0 Å². The first kappa shape index (κ1) is 18.6. The van der Waals surface area contributed by atoms with Gasteiger partial charge in [-0.05, 0) is 24.6 Å². The molecule has 0 atom stereocenters. The van der Waals surface area contributed by atoms with Crippen LogP contribution in [-0.4, -0.2) is 18.5 Å². The molecule has 4 nitrogen and oxygen atoms in total. The maximum Gasteiger partial charge on any atom is 0.306 e. The molecule has 0 radical (unpaired) electrons.